The normalized spacial score (nSPS) is 25.7. The second-order valence-electron chi connectivity index (χ2n) is 6.34. The van der Waals surface area contributed by atoms with Gasteiger partial charge in [0.05, 0.1) is 17.8 Å². The van der Waals surface area contributed by atoms with Crippen molar-refractivity contribution in [3.8, 4) is 0 Å². The van der Waals surface area contributed by atoms with E-state index in [0.29, 0.717) is 5.92 Å². The van der Waals surface area contributed by atoms with Gasteiger partial charge in [0.2, 0.25) is 5.91 Å². The van der Waals surface area contributed by atoms with Crippen molar-refractivity contribution in [3.05, 3.63) is 34.8 Å². The smallest absolute Gasteiger partial charge is 0.231 e. The molecular formula is C16H20N4OS. The van der Waals surface area contributed by atoms with Gasteiger partial charge in [0.15, 0.2) is 0 Å². The van der Waals surface area contributed by atoms with Crippen molar-refractivity contribution in [2.45, 2.75) is 13.0 Å². The molecule has 2 aliphatic heterocycles. The molecule has 6 heteroatoms. The third kappa shape index (κ3) is 2.46. The van der Waals surface area contributed by atoms with Crippen molar-refractivity contribution in [2.24, 2.45) is 18.9 Å². The minimum Gasteiger partial charge on any atom is -0.309 e. The summed E-state index contributed by atoms with van der Waals surface area (Å²) in [7, 11) is 1.89. The highest BCUT2D eigenvalue weighted by Crippen LogP contribution is 2.34. The molecule has 0 spiro atoms. The summed E-state index contributed by atoms with van der Waals surface area (Å²) in [4.78, 5) is 17.2. The van der Waals surface area contributed by atoms with Crippen LogP contribution in [0.5, 0.6) is 0 Å². The molecule has 2 aromatic rings. The monoisotopic (exact) mass is 316 g/mol. The lowest BCUT2D eigenvalue weighted by Gasteiger charge is -2.32. The third-order valence-corrected chi connectivity index (χ3v) is 5.54. The Morgan fingerprint density at radius 1 is 1.41 bits per heavy atom. The molecule has 116 valence electrons. The topological polar surface area (TPSA) is 41.4 Å². The van der Waals surface area contributed by atoms with Gasteiger partial charge in [-0.1, -0.05) is 0 Å². The van der Waals surface area contributed by atoms with Crippen molar-refractivity contribution >= 4 is 22.9 Å². The number of hydrogen-bond donors (Lipinski definition) is 0. The van der Waals surface area contributed by atoms with E-state index >= 15 is 0 Å². The Bertz CT molecular complexity index is 666. The van der Waals surface area contributed by atoms with E-state index in [1.54, 1.807) is 22.2 Å². The largest absolute Gasteiger partial charge is 0.309 e. The maximum absolute atomic E-state index is 12.8. The van der Waals surface area contributed by atoms with Crippen LogP contribution in [0.15, 0.2) is 29.2 Å². The van der Waals surface area contributed by atoms with E-state index < -0.39 is 0 Å². The lowest BCUT2D eigenvalue weighted by Crippen LogP contribution is -2.45. The van der Waals surface area contributed by atoms with Crippen LogP contribution < -0.4 is 4.90 Å². The summed E-state index contributed by atoms with van der Waals surface area (Å²) < 4.78 is 1.76. The van der Waals surface area contributed by atoms with E-state index in [4.69, 9.17) is 0 Å². The predicted molar refractivity (Wildman–Crippen MR) is 86.8 cm³/mol. The van der Waals surface area contributed by atoms with Crippen LogP contribution in [0.3, 0.4) is 0 Å². The SMILES string of the molecule is Cn1cc(N2CC[C@@H]3CN(Cc4ccsc4)C[C@H]3C2=O)cn1. The van der Waals surface area contributed by atoms with Crippen LogP contribution in [0.4, 0.5) is 5.69 Å². The summed E-state index contributed by atoms with van der Waals surface area (Å²) in [6.45, 7) is 3.72. The van der Waals surface area contributed by atoms with E-state index in [1.165, 1.54) is 5.56 Å². The highest BCUT2D eigenvalue weighted by Gasteiger charge is 2.43. The molecule has 2 fully saturated rings. The molecule has 2 aliphatic rings. The number of hydrogen-bond acceptors (Lipinski definition) is 4. The fourth-order valence-electron chi connectivity index (χ4n) is 3.71. The number of amides is 1. The molecule has 2 aromatic heterocycles. The number of likely N-dealkylation sites (tertiary alicyclic amines) is 1. The average Bonchev–Trinajstić information content (AvgIpc) is 3.21. The summed E-state index contributed by atoms with van der Waals surface area (Å²) in [5, 5.41) is 8.51. The minimum atomic E-state index is 0.146. The first-order chi connectivity index (χ1) is 10.7. The molecule has 0 bridgehead atoms. The van der Waals surface area contributed by atoms with Gasteiger partial charge < -0.3 is 4.90 Å². The molecule has 0 aromatic carbocycles. The highest BCUT2D eigenvalue weighted by molar-refractivity contribution is 7.07. The summed E-state index contributed by atoms with van der Waals surface area (Å²) >= 11 is 1.74. The number of aromatic nitrogens is 2. The Morgan fingerprint density at radius 2 is 2.32 bits per heavy atom. The average molecular weight is 316 g/mol. The Hall–Kier alpha value is -1.66. The van der Waals surface area contributed by atoms with E-state index in [1.807, 2.05) is 18.1 Å². The number of carbonyl (C=O) groups excluding carboxylic acids is 1. The molecule has 0 radical (unpaired) electrons. The number of nitrogens with zero attached hydrogens (tertiary/aromatic N) is 4. The van der Waals surface area contributed by atoms with Crippen molar-refractivity contribution in [2.75, 3.05) is 24.5 Å². The van der Waals surface area contributed by atoms with Gasteiger partial charge in [-0.25, -0.2) is 0 Å². The second-order valence-corrected chi connectivity index (χ2v) is 7.12. The number of piperidine rings is 1. The second kappa shape index (κ2) is 5.52. The van der Waals surface area contributed by atoms with Crippen LogP contribution >= 0.6 is 11.3 Å². The number of anilines is 1. The molecule has 2 atom stereocenters. The summed E-state index contributed by atoms with van der Waals surface area (Å²) in [6, 6.07) is 2.18. The first kappa shape index (κ1) is 14.0. The fourth-order valence-corrected chi connectivity index (χ4v) is 4.37. The van der Waals surface area contributed by atoms with Gasteiger partial charge in [0.25, 0.3) is 0 Å². The molecule has 0 unspecified atom stereocenters. The van der Waals surface area contributed by atoms with Gasteiger partial charge in [-0.3, -0.25) is 14.4 Å². The van der Waals surface area contributed by atoms with Gasteiger partial charge in [-0.05, 0) is 34.7 Å². The Balaban J connectivity index is 1.47. The summed E-state index contributed by atoms with van der Waals surface area (Å²) in [5.41, 5.74) is 2.29. The molecule has 0 N–H and O–H groups in total. The molecule has 1 amide bonds. The lowest BCUT2D eigenvalue weighted by molar-refractivity contribution is -0.124. The molecule has 4 rings (SSSR count). The van der Waals surface area contributed by atoms with E-state index in [-0.39, 0.29) is 11.8 Å². The fraction of sp³-hybridized carbons (Fsp3) is 0.500. The van der Waals surface area contributed by atoms with Crippen LogP contribution in [0, 0.1) is 11.8 Å². The Kier molecular flexibility index (Phi) is 3.50. The standard InChI is InChI=1S/C16H20N4OS/c1-18-9-14(6-17-18)20-4-2-13-8-19(10-15(13)16(20)21)7-12-3-5-22-11-12/h3,5-6,9,11,13,15H,2,4,7-8,10H2,1H3/t13-,15-/m1/s1. The number of aryl methyl sites for hydroxylation is 1. The Labute approximate surface area is 134 Å². The van der Waals surface area contributed by atoms with Crippen LogP contribution in [0.1, 0.15) is 12.0 Å². The first-order valence-corrected chi connectivity index (χ1v) is 8.68. The first-order valence-electron chi connectivity index (χ1n) is 7.74. The van der Waals surface area contributed by atoms with E-state index in [9.17, 15) is 4.79 Å². The van der Waals surface area contributed by atoms with E-state index in [2.05, 4.69) is 26.8 Å². The quantitative estimate of drug-likeness (QED) is 0.869. The number of carbonyl (C=O) groups is 1. The molecule has 2 saturated heterocycles. The van der Waals surface area contributed by atoms with Crippen LogP contribution in [-0.2, 0) is 18.4 Å². The molecule has 0 saturated carbocycles. The lowest BCUT2D eigenvalue weighted by atomic mass is 9.88. The van der Waals surface area contributed by atoms with Crippen molar-refractivity contribution in [3.63, 3.8) is 0 Å². The van der Waals surface area contributed by atoms with Crippen molar-refractivity contribution < 1.29 is 4.79 Å². The Morgan fingerprint density at radius 3 is 3.05 bits per heavy atom. The van der Waals surface area contributed by atoms with Crippen LogP contribution in [0.2, 0.25) is 0 Å². The van der Waals surface area contributed by atoms with Gasteiger partial charge in [-0.2, -0.15) is 16.4 Å². The predicted octanol–water partition coefficient (Wildman–Crippen LogP) is 1.97. The van der Waals surface area contributed by atoms with Crippen LogP contribution in [0.25, 0.3) is 0 Å². The van der Waals surface area contributed by atoms with Crippen molar-refractivity contribution in [1.29, 1.82) is 0 Å². The zero-order valence-corrected chi connectivity index (χ0v) is 13.5. The van der Waals surface area contributed by atoms with Gasteiger partial charge in [-0.15, -0.1) is 0 Å². The highest BCUT2D eigenvalue weighted by atomic mass is 32.1. The number of fused-ring (bicyclic) bond motifs is 1. The van der Waals surface area contributed by atoms with Crippen LogP contribution in [-0.4, -0.2) is 40.2 Å². The maximum Gasteiger partial charge on any atom is 0.231 e. The minimum absolute atomic E-state index is 0.146. The zero-order valence-electron chi connectivity index (χ0n) is 12.7. The third-order valence-electron chi connectivity index (χ3n) is 4.81. The molecule has 4 heterocycles. The maximum atomic E-state index is 12.8. The number of thiophene rings is 1. The molecule has 22 heavy (non-hydrogen) atoms. The van der Waals surface area contributed by atoms with Gasteiger partial charge in [0, 0.05) is 39.4 Å². The number of rotatable bonds is 3. The summed E-state index contributed by atoms with van der Waals surface area (Å²) in [5.74, 6) is 0.934. The summed E-state index contributed by atoms with van der Waals surface area (Å²) in [6.07, 6.45) is 4.80. The zero-order chi connectivity index (χ0) is 15.1. The van der Waals surface area contributed by atoms with Gasteiger partial charge in [0.1, 0.15) is 0 Å². The van der Waals surface area contributed by atoms with Gasteiger partial charge >= 0.3 is 0 Å². The molecule has 0 aliphatic carbocycles. The van der Waals surface area contributed by atoms with E-state index in [0.717, 1.165) is 38.3 Å². The molecule has 5 nitrogen and oxygen atoms in total. The molecular weight excluding hydrogens is 296 g/mol. The van der Waals surface area contributed by atoms with Crippen molar-refractivity contribution in [1.82, 2.24) is 14.7 Å².